The number of hydrogen-bond donors (Lipinski definition) is 2. The number of hydrogen-bond acceptors (Lipinski definition) is 5. The van der Waals surface area contributed by atoms with E-state index in [1.807, 2.05) is 6.92 Å². The van der Waals surface area contributed by atoms with Gasteiger partial charge in [0.2, 0.25) is 0 Å². The molecule has 1 unspecified atom stereocenters. The molecule has 0 aliphatic carbocycles. The van der Waals surface area contributed by atoms with Crippen molar-refractivity contribution in [2.75, 3.05) is 13.2 Å². The van der Waals surface area contributed by atoms with Gasteiger partial charge in [-0.05, 0) is 31.5 Å². The first-order chi connectivity index (χ1) is 10.0. The van der Waals surface area contributed by atoms with Crippen LogP contribution in [0.4, 0.5) is 5.69 Å². The summed E-state index contributed by atoms with van der Waals surface area (Å²) in [4.78, 5) is 20.9. The number of benzene rings is 1. The molecule has 0 heterocycles. The molecule has 1 rings (SSSR count). The van der Waals surface area contributed by atoms with E-state index >= 15 is 0 Å². The lowest BCUT2D eigenvalue weighted by molar-refractivity contribution is -0.384. The molecule has 7 heteroatoms. The van der Waals surface area contributed by atoms with Crippen LogP contribution >= 0.6 is 0 Å². The molecular formula is C14H20N2O5. The van der Waals surface area contributed by atoms with E-state index in [2.05, 4.69) is 5.32 Å². The monoisotopic (exact) mass is 296 g/mol. The third kappa shape index (κ3) is 6.22. The van der Waals surface area contributed by atoms with Crippen LogP contribution in [0.1, 0.15) is 26.2 Å². The van der Waals surface area contributed by atoms with Gasteiger partial charge in [-0.25, -0.2) is 0 Å². The average Bonchev–Trinajstić information content (AvgIpc) is 2.46. The van der Waals surface area contributed by atoms with E-state index in [1.54, 1.807) is 12.1 Å². The summed E-state index contributed by atoms with van der Waals surface area (Å²) in [6.45, 7) is 2.91. The second-order valence-electron chi connectivity index (χ2n) is 4.59. The van der Waals surface area contributed by atoms with Crippen LogP contribution in [-0.2, 0) is 4.79 Å². The largest absolute Gasteiger partial charge is 0.494 e. The first-order valence-corrected chi connectivity index (χ1v) is 6.88. The minimum absolute atomic E-state index is 0.0212. The minimum Gasteiger partial charge on any atom is -0.494 e. The van der Waals surface area contributed by atoms with Crippen LogP contribution in [-0.4, -0.2) is 35.2 Å². The molecule has 0 spiro atoms. The van der Waals surface area contributed by atoms with Crippen molar-refractivity contribution < 1.29 is 19.6 Å². The molecule has 2 N–H and O–H groups in total. The number of carboxylic acid groups (broad SMARTS) is 1. The Bertz CT molecular complexity index is 461. The number of nitro benzene ring substituents is 1. The van der Waals surface area contributed by atoms with Gasteiger partial charge in [-0.15, -0.1) is 0 Å². The molecule has 116 valence electrons. The van der Waals surface area contributed by atoms with E-state index in [1.165, 1.54) is 12.1 Å². The fraction of sp³-hybridized carbons (Fsp3) is 0.500. The predicted octanol–water partition coefficient (Wildman–Crippen LogP) is 2.21. The zero-order valence-electron chi connectivity index (χ0n) is 11.9. The Hall–Kier alpha value is -2.15. The number of nitrogens with zero attached hydrogens (tertiary/aromatic N) is 1. The lowest BCUT2D eigenvalue weighted by Gasteiger charge is -2.13. The van der Waals surface area contributed by atoms with Gasteiger partial charge >= 0.3 is 5.97 Å². The summed E-state index contributed by atoms with van der Waals surface area (Å²) in [5.74, 6) is -0.280. The molecule has 0 bridgehead atoms. The first-order valence-electron chi connectivity index (χ1n) is 6.88. The number of carbonyl (C=O) groups is 1. The van der Waals surface area contributed by atoms with Crippen LogP contribution in [0.15, 0.2) is 24.3 Å². The van der Waals surface area contributed by atoms with Crippen molar-refractivity contribution in [3.8, 4) is 5.75 Å². The maximum atomic E-state index is 10.9. The summed E-state index contributed by atoms with van der Waals surface area (Å²) in [5, 5.41) is 22.4. The number of ether oxygens (including phenoxy) is 1. The number of rotatable bonds is 10. The molecule has 0 fully saturated rings. The highest BCUT2D eigenvalue weighted by molar-refractivity contribution is 5.73. The molecule has 1 atom stereocenters. The van der Waals surface area contributed by atoms with Gasteiger partial charge in [0, 0.05) is 12.1 Å². The van der Waals surface area contributed by atoms with Gasteiger partial charge in [0.05, 0.1) is 11.5 Å². The van der Waals surface area contributed by atoms with Crippen molar-refractivity contribution in [2.24, 2.45) is 0 Å². The molecule has 0 aliphatic heterocycles. The normalized spacial score (nSPS) is 11.9. The Morgan fingerprint density at radius 2 is 2.10 bits per heavy atom. The van der Waals surface area contributed by atoms with Crippen molar-refractivity contribution in [1.29, 1.82) is 0 Å². The third-order valence-corrected chi connectivity index (χ3v) is 2.90. The lowest BCUT2D eigenvalue weighted by Crippen LogP contribution is -2.37. The molecule has 1 aromatic carbocycles. The van der Waals surface area contributed by atoms with Crippen LogP contribution < -0.4 is 10.1 Å². The average molecular weight is 296 g/mol. The maximum absolute atomic E-state index is 10.9. The molecule has 0 saturated heterocycles. The number of non-ortho nitro benzene ring substituents is 1. The van der Waals surface area contributed by atoms with Gasteiger partial charge in [0.25, 0.3) is 5.69 Å². The zero-order chi connectivity index (χ0) is 15.7. The minimum atomic E-state index is -0.840. The van der Waals surface area contributed by atoms with Gasteiger partial charge < -0.3 is 15.2 Å². The molecule has 0 radical (unpaired) electrons. The first kappa shape index (κ1) is 16.9. The number of carboxylic acids is 1. The van der Waals surface area contributed by atoms with E-state index in [0.29, 0.717) is 31.7 Å². The third-order valence-electron chi connectivity index (χ3n) is 2.90. The highest BCUT2D eigenvalue weighted by Gasteiger charge is 2.14. The number of aliphatic carboxylic acids is 1. The van der Waals surface area contributed by atoms with Crippen LogP contribution in [0.2, 0.25) is 0 Å². The van der Waals surface area contributed by atoms with E-state index < -0.39 is 16.9 Å². The Kier molecular flexibility index (Phi) is 7.17. The molecule has 7 nitrogen and oxygen atoms in total. The Labute approximate surface area is 123 Å². The van der Waals surface area contributed by atoms with E-state index in [0.717, 1.165) is 6.42 Å². The molecular weight excluding hydrogens is 276 g/mol. The van der Waals surface area contributed by atoms with Crippen LogP contribution in [0.25, 0.3) is 0 Å². The van der Waals surface area contributed by atoms with Gasteiger partial charge in [-0.3, -0.25) is 14.9 Å². The van der Waals surface area contributed by atoms with Gasteiger partial charge in [0.1, 0.15) is 11.8 Å². The molecule has 0 amide bonds. The summed E-state index contributed by atoms with van der Waals surface area (Å²) in [6.07, 6.45) is 2.06. The van der Waals surface area contributed by atoms with E-state index in [9.17, 15) is 14.9 Å². The van der Waals surface area contributed by atoms with Crippen molar-refractivity contribution in [3.63, 3.8) is 0 Å². The van der Waals surface area contributed by atoms with Crippen LogP contribution in [0.5, 0.6) is 5.75 Å². The lowest BCUT2D eigenvalue weighted by atomic mass is 10.1. The van der Waals surface area contributed by atoms with Gasteiger partial charge in [-0.2, -0.15) is 0 Å². The molecule has 1 aromatic rings. The SMILES string of the molecule is CCCC(NCCCOc1ccc([N+](=O)[O-])cc1)C(=O)O. The highest BCUT2D eigenvalue weighted by atomic mass is 16.6. The van der Waals surface area contributed by atoms with Crippen molar-refractivity contribution in [1.82, 2.24) is 5.32 Å². The molecule has 0 aliphatic rings. The zero-order valence-corrected chi connectivity index (χ0v) is 11.9. The fourth-order valence-corrected chi connectivity index (χ4v) is 1.80. The molecule has 0 saturated carbocycles. The number of nitro groups is 1. The Morgan fingerprint density at radius 3 is 2.62 bits per heavy atom. The van der Waals surface area contributed by atoms with Crippen LogP contribution in [0, 0.1) is 10.1 Å². The highest BCUT2D eigenvalue weighted by Crippen LogP contribution is 2.17. The summed E-state index contributed by atoms with van der Waals surface area (Å²) >= 11 is 0. The van der Waals surface area contributed by atoms with Crippen molar-refractivity contribution >= 4 is 11.7 Å². The van der Waals surface area contributed by atoms with Crippen molar-refractivity contribution in [2.45, 2.75) is 32.2 Å². The summed E-state index contributed by atoms with van der Waals surface area (Å²) in [6, 6.07) is 5.34. The standard InChI is InChI=1S/C14H20N2O5/c1-2-4-13(14(17)18)15-9-3-10-21-12-7-5-11(6-8-12)16(19)20/h5-8,13,15H,2-4,9-10H2,1H3,(H,17,18). The number of nitrogens with one attached hydrogen (secondary N) is 1. The summed E-state index contributed by atoms with van der Waals surface area (Å²) in [5.41, 5.74) is 0.0212. The fourth-order valence-electron chi connectivity index (χ4n) is 1.80. The second kappa shape index (κ2) is 8.91. The molecule has 21 heavy (non-hydrogen) atoms. The Morgan fingerprint density at radius 1 is 1.43 bits per heavy atom. The van der Waals surface area contributed by atoms with Gasteiger partial charge in [-0.1, -0.05) is 13.3 Å². The summed E-state index contributed by atoms with van der Waals surface area (Å²) < 4.78 is 5.43. The van der Waals surface area contributed by atoms with Gasteiger partial charge in [0.15, 0.2) is 0 Å². The maximum Gasteiger partial charge on any atom is 0.320 e. The molecule has 0 aromatic heterocycles. The topological polar surface area (TPSA) is 102 Å². The predicted molar refractivity (Wildman–Crippen MR) is 77.5 cm³/mol. The van der Waals surface area contributed by atoms with Crippen LogP contribution in [0.3, 0.4) is 0 Å². The van der Waals surface area contributed by atoms with E-state index in [-0.39, 0.29) is 5.69 Å². The van der Waals surface area contributed by atoms with E-state index in [4.69, 9.17) is 9.84 Å². The second-order valence-corrected chi connectivity index (χ2v) is 4.59. The summed E-state index contributed by atoms with van der Waals surface area (Å²) in [7, 11) is 0. The quantitative estimate of drug-likeness (QED) is 0.390. The Balaban J connectivity index is 2.24. The van der Waals surface area contributed by atoms with Crippen molar-refractivity contribution in [3.05, 3.63) is 34.4 Å². The smallest absolute Gasteiger partial charge is 0.320 e.